The first-order valence-corrected chi connectivity index (χ1v) is 5.51. The molecule has 88 valence electrons. The van der Waals surface area contributed by atoms with Crippen molar-refractivity contribution in [1.82, 2.24) is 10.2 Å². The molecule has 0 atom stereocenters. The van der Waals surface area contributed by atoms with E-state index in [9.17, 15) is 9.90 Å². The van der Waals surface area contributed by atoms with E-state index in [1.807, 2.05) is 24.3 Å². The molecule has 18 heavy (non-hydrogen) atoms. The van der Waals surface area contributed by atoms with Crippen molar-refractivity contribution in [1.29, 1.82) is 0 Å². The molecule has 0 saturated carbocycles. The van der Waals surface area contributed by atoms with E-state index in [2.05, 4.69) is 10.2 Å². The van der Waals surface area contributed by atoms with E-state index >= 15 is 0 Å². The van der Waals surface area contributed by atoms with Crippen molar-refractivity contribution < 1.29 is 5.11 Å². The van der Waals surface area contributed by atoms with E-state index in [0.717, 1.165) is 16.5 Å². The summed E-state index contributed by atoms with van der Waals surface area (Å²) >= 11 is 0. The zero-order valence-electron chi connectivity index (χ0n) is 9.42. The molecule has 1 heterocycles. The maximum absolute atomic E-state index is 11.5. The van der Waals surface area contributed by atoms with Gasteiger partial charge in [0.2, 0.25) is 0 Å². The average Bonchev–Trinajstić information content (AvgIpc) is 2.39. The van der Waals surface area contributed by atoms with E-state index in [0.29, 0.717) is 5.39 Å². The van der Waals surface area contributed by atoms with Crippen LogP contribution < -0.4 is 5.56 Å². The van der Waals surface area contributed by atoms with Gasteiger partial charge in [-0.2, -0.15) is 5.10 Å². The summed E-state index contributed by atoms with van der Waals surface area (Å²) in [6.07, 6.45) is 1.63. The lowest BCUT2D eigenvalue weighted by molar-refractivity contribution is 0.475. The molecule has 4 heteroatoms. The number of nitrogens with zero attached hydrogens (tertiary/aromatic N) is 1. The van der Waals surface area contributed by atoms with Crippen LogP contribution in [0, 0.1) is 0 Å². The fourth-order valence-electron chi connectivity index (χ4n) is 1.93. The molecule has 0 fully saturated rings. The van der Waals surface area contributed by atoms with Crippen molar-refractivity contribution in [3.05, 3.63) is 59.0 Å². The number of aromatic amines is 1. The minimum atomic E-state index is -0.190. The quantitative estimate of drug-likeness (QED) is 0.683. The van der Waals surface area contributed by atoms with Crippen LogP contribution in [0.4, 0.5) is 0 Å². The van der Waals surface area contributed by atoms with Crippen molar-refractivity contribution in [3.63, 3.8) is 0 Å². The fourth-order valence-corrected chi connectivity index (χ4v) is 1.93. The van der Waals surface area contributed by atoms with Gasteiger partial charge in [0.1, 0.15) is 5.75 Å². The third kappa shape index (κ3) is 1.73. The molecule has 0 bridgehead atoms. The number of aromatic hydroxyl groups is 1. The van der Waals surface area contributed by atoms with E-state index in [1.54, 1.807) is 24.4 Å². The number of rotatable bonds is 1. The number of aromatic nitrogens is 2. The largest absolute Gasteiger partial charge is 0.508 e. The van der Waals surface area contributed by atoms with Gasteiger partial charge >= 0.3 is 0 Å². The Hall–Kier alpha value is -2.62. The van der Waals surface area contributed by atoms with Crippen LogP contribution in [0.15, 0.2) is 53.5 Å². The van der Waals surface area contributed by atoms with Crippen molar-refractivity contribution in [3.8, 4) is 16.9 Å². The van der Waals surface area contributed by atoms with Crippen LogP contribution in [-0.4, -0.2) is 15.3 Å². The van der Waals surface area contributed by atoms with Gasteiger partial charge in [-0.25, -0.2) is 5.10 Å². The van der Waals surface area contributed by atoms with E-state index in [-0.39, 0.29) is 11.3 Å². The smallest absolute Gasteiger partial charge is 0.272 e. The van der Waals surface area contributed by atoms with Crippen molar-refractivity contribution in [2.45, 2.75) is 0 Å². The van der Waals surface area contributed by atoms with Gasteiger partial charge in [-0.05, 0) is 35.4 Å². The zero-order chi connectivity index (χ0) is 12.5. The molecule has 0 aliphatic rings. The maximum Gasteiger partial charge on any atom is 0.272 e. The summed E-state index contributed by atoms with van der Waals surface area (Å²) in [5.74, 6) is 0.234. The highest BCUT2D eigenvalue weighted by Crippen LogP contribution is 2.24. The second-order valence-corrected chi connectivity index (χ2v) is 4.05. The number of benzene rings is 2. The van der Waals surface area contributed by atoms with Crippen LogP contribution in [-0.2, 0) is 0 Å². The Balaban J connectivity index is 2.19. The highest BCUT2D eigenvalue weighted by molar-refractivity contribution is 5.85. The molecule has 4 nitrogen and oxygen atoms in total. The number of fused-ring (bicyclic) bond motifs is 1. The predicted octanol–water partition coefficient (Wildman–Crippen LogP) is 2.30. The van der Waals surface area contributed by atoms with Crippen molar-refractivity contribution in [2.75, 3.05) is 0 Å². The lowest BCUT2D eigenvalue weighted by Gasteiger charge is -2.03. The summed E-state index contributed by atoms with van der Waals surface area (Å²) in [5.41, 5.74) is 1.77. The molecular formula is C14H10N2O2. The first kappa shape index (κ1) is 10.5. The Labute approximate surface area is 103 Å². The van der Waals surface area contributed by atoms with Gasteiger partial charge in [-0.3, -0.25) is 4.79 Å². The second kappa shape index (κ2) is 4.00. The highest BCUT2D eigenvalue weighted by Gasteiger charge is 2.02. The van der Waals surface area contributed by atoms with Gasteiger partial charge in [0.25, 0.3) is 5.56 Å². The molecule has 1 aromatic heterocycles. The lowest BCUT2D eigenvalue weighted by atomic mass is 10.0. The maximum atomic E-state index is 11.5. The number of hydrogen-bond donors (Lipinski definition) is 2. The Bertz CT molecular complexity index is 761. The molecule has 3 rings (SSSR count). The molecule has 0 radical (unpaired) electrons. The number of phenolic OH excluding ortho intramolecular Hbond substituents is 1. The number of nitrogens with one attached hydrogen (secondary N) is 1. The van der Waals surface area contributed by atoms with Crippen LogP contribution in [0.5, 0.6) is 5.75 Å². The number of hydrogen-bond acceptors (Lipinski definition) is 3. The van der Waals surface area contributed by atoms with Crippen LogP contribution in [0.1, 0.15) is 0 Å². The molecule has 0 aliphatic carbocycles. The summed E-state index contributed by atoms with van der Waals surface area (Å²) in [6.45, 7) is 0. The Kier molecular flexibility index (Phi) is 2.34. The zero-order valence-corrected chi connectivity index (χ0v) is 9.42. The standard InChI is InChI=1S/C14H10N2O2/c17-12-4-1-9(2-5-12)10-3-6-13-11(7-10)8-15-16-14(13)18/h1-8,17H,(H,16,18). The molecule has 0 saturated heterocycles. The average molecular weight is 238 g/mol. The normalized spacial score (nSPS) is 10.7. The topological polar surface area (TPSA) is 66.0 Å². The Morgan fingerprint density at radius 2 is 1.72 bits per heavy atom. The van der Waals surface area contributed by atoms with Gasteiger partial charge in [0.05, 0.1) is 11.6 Å². The van der Waals surface area contributed by atoms with Crippen LogP contribution in [0.3, 0.4) is 0 Å². The molecule has 0 amide bonds. The summed E-state index contributed by atoms with van der Waals surface area (Å²) in [5, 5.41) is 16.9. The monoisotopic (exact) mass is 238 g/mol. The number of phenols is 1. The molecule has 0 unspecified atom stereocenters. The van der Waals surface area contributed by atoms with Gasteiger partial charge in [-0.15, -0.1) is 0 Å². The van der Waals surface area contributed by atoms with Gasteiger partial charge < -0.3 is 5.11 Å². The first-order chi connectivity index (χ1) is 8.74. The second-order valence-electron chi connectivity index (χ2n) is 4.05. The molecular weight excluding hydrogens is 228 g/mol. The summed E-state index contributed by atoms with van der Waals surface area (Å²) in [4.78, 5) is 11.5. The van der Waals surface area contributed by atoms with Gasteiger partial charge in [0, 0.05) is 5.39 Å². The predicted molar refractivity (Wildman–Crippen MR) is 69.5 cm³/mol. The highest BCUT2D eigenvalue weighted by atomic mass is 16.3. The molecule has 0 aliphatic heterocycles. The van der Waals surface area contributed by atoms with Crippen molar-refractivity contribution >= 4 is 10.8 Å². The molecule has 3 aromatic rings. The SMILES string of the molecule is O=c1[nH]ncc2cc(-c3ccc(O)cc3)ccc12. The molecule has 0 spiro atoms. The van der Waals surface area contributed by atoms with E-state index < -0.39 is 0 Å². The molecule has 2 aromatic carbocycles. The van der Waals surface area contributed by atoms with Gasteiger partial charge in [-0.1, -0.05) is 18.2 Å². The fraction of sp³-hybridized carbons (Fsp3) is 0. The van der Waals surface area contributed by atoms with E-state index in [4.69, 9.17) is 0 Å². The van der Waals surface area contributed by atoms with Crippen molar-refractivity contribution in [2.24, 2.45) is 0 Å². The third-order valence-electron chi connectivity index (χ3n) is 2.87. The summed E-state index contributed by atoms with van der Waals surface area (Å²) < 4.78 is 0. The summed E-state index contributed by atoms with van der Waals surface area (Å²) in [7, 11) is 0. The Morgan fingerprint density at radius 3 is 2.50 bits per heavy atom. The minimum absolute atomic E-state index is 0.190. The third-order valence-corrected chi connectivity index (χ3v) is 2.87. The first-order valence-electron chi connectivity index (χ1n) is 5.51. The number of H-pyrrole nitrogens is 1. The van der Waals surface area contributed by atoms with E-state index in [1.165, 1.54) is 0 Å². The summed E-state index contributed by atoms with van der Waals surface area (Å²) in [6, 6.07) is 12.5. The van der Waals surface area contributed by atoms with Crippen LogP contribution in [0.25, 0.3) is 21.9 Å². The van der Waals surface area contributed by atoms with Crippen LogP contribution in [0.2, 0.25) is 0 Å². The lowest BCUT2D eigenvalue weighted by Crippen LogP contribution is -2.06. The van der Waals surface area contributed by atoms with Gasteiger partial charge in [0.15, 0.2) is 0 Å². The van der Waals surface area contributed by atoms with Crippen LogP contribution >= 0.6 is 0 Å². The Morgan fingerprint density at radius 1 is 1.00 bits per heavy atom. The minimum Gasteiger partial charge on any atom is -0.508 e. The molecule has 2 N–H and O–H groups in total.